The van der Waals surface area contributed by atoms with Crippen LogP contribution in [0.4, 0.5) is 5.69 Å². The van der Waals surface area contributed by atoms with Gasteiger partial charge in [-0.2, -0.15) is 0 Å². The fourth-order valence-electron chi connectivity index (χ4n) is 1.98. The zero-order valence-electron chi connectivity index (χ0n) is 12.6. The first-order chi connectivity index (χ1) is 10.7. The van der Waals surface area contributed by atoms with Crippen LogP contribution in [0.5, 0.6) is 0 Å². The second-order valence-electron chi connectivity index (χ2n) is 5.51. The summed E-state index contributed by atoms with van der Waals surface area (Å²) in [7, 11) is 1.23. The molecule has 23 heavy (non-hydrogen) atoms. The van der Waals surface area contributed by atoms with Gasteiger partial charge in [-0.25, -0.2) is 0 Å². The van der Waals surface area contributed by atoms with Crippen molar-refractivity contribution in [2.45, 2.75) is 17.7 Å². The van der Waals surface area contributed by atoms with E-state index < -0.39 is 21.6 Å². The van der Waals surface area contributed by atoms with E-state index in [9.17, 15) is 14.4 Å². The molecule has 0 bridgehead atoms. The van der Waals surface area contributed by atoms with Crippen molar-refractivity contribution in [3.63, 3.8) is 0 Å². The van der Waals surface area contributed by atoms with Crippen molar-refractivity contribution in [1.82, 2.24) is 5.32 Å². The number of methoxy groups -OCH3 is 1. The summed E-state index contributed by atoms with van der Waals surface area (Å²) in [5, 5.41) is 5.11. The first kappa shape index (κ1) is 17.6. The van der Waals surface area contributed by atoms with Crippen molar-refractivity contribution in [2.24, 2.45) is 5.41 Å². The SMILES string of the molecule is COC(=O)CNC(=O)c1cccc(NC(=O)C2(C)CC2(Cl)Cl)c1. The molecule has 1 aromatic rings. The molecule has 1 aliphatic rings. The summed E-state index contributed by atoms with van der Waals surface area (Å²) in [4.78, 5) is 35.2. The van der Waals surface area contributed by atoms with E-state index in [0.717, 1.165) is 0 Å². The van der Waals surface area contributed by atoms with Gasteiger partial charge in [0.1, 0.15) is 10.9 Å². The van der Waals surface area contributed by atoms with E-state index in [0.29, 0.717) is 17.7 Å². The Bertz CT molecular complexity index is 663. The highest BCUT2D eigenvalue weighted by atomic mass is 35.5. The van der Waals surface area contributed by atoms with Crippen molar-refractivity contribution in [1.29, 1.82) is 0 Å². The Morgan fingerprint density at radius 1 is 1.30 bits per heavy atom. The van der Waals surface area contributed by atoms with Crippen LogP contribution in [0.25, 0.3) is 0 Å². The molecule has 1 saturated carbocycles. The number of rotatable bonds is 5. The number of hydrogen-bond donors (Lipinski definition) is 2. The van der Waals surface area contributed by atoms with Crippen LogP contribution in [-0.2, 0) is 14.3 Å². The van der Waals surface area contributed by atoms with E-state index in [1.54, 1.807) is 25.1 Å². The smallest absolute Gasteiger partial charge is 0.325 e. The number of alkyl halides is 2. The monoisotopic (exact) mass is 358 g/mol. The molecular weight excluding hydrogens is 343 g/mol. The van der Waals surface area contributed by atoms with Crippen molar-refractivity contribution in [3.8, 4) is 0 Å². The summed E-state index contributed by atoms with van der Waals surface area (Å²) in [6, 6.07) is 6.33. The van der Waals surface area contributed by atoms with Crippen LogP contribution < -0.4 is 10.6 Å². The number of amides is 2. The molecule has 0 saturated heterocycles. The van der Waals surface area contributed by atoms with Gasteiger partial charge in [0.15, 0.2) is 0 Å². The molecule has 0 radical (unpaired) electrons. The second kappa shape index (κ2) is 6.37. The fraction of sp³-hybridized carbons (Fsp3) is 0.400. The molecule has 0 aromatic heterocycles. The van der Waals surface area contributed by atoms with Crippen molar-refractivity contribution < 1.29 is 19.1 Å². The van der Waals surface area contributed by atoms with Gasteiger partial charge in [0.25, 0.3) is 5.91 Å². The molecule has 2 amide bonds. The predicted molar refractivity (Wildman–Crippen MR) is 86.6 cm³/mol. The van der Waals surface area contributed by atoms with Gasteiger partial charge in [-0.15, -0.1) is 23.2 Å². The summed E-state index contributed by atoms with van der Waals surface area (Å²) in [6.07, 6.45) is 0.369. The number of ether oxygens (including phenoxy) is 1. The Morgan fingerprint density at radius 2 is 1.96 bits per heavy atom. The van der Waals surface area contributed by atoms with E-state index in [4.69, 9.17) is 23.2 Å². The summed E-state index contributed by atoms with van der Waals surface area (Å²) < 4.78 is 3.38. The molecule has 0 aliphatic heterocycles. The van der Waals surface area contributed by atoms with E-state index in [2.05, 4.69) is 15.4 Å². The highest BCUT2D eigenvalue weighted by molar-refractivity contribution is 6.53. The maximum atomic E-state index is 12.2. The maximum Gasteiger partial charge on any atom is 0.325 e. The molecule has 1 atom stereocenters. The van der Waals surface area contributed by atoms with Crippen LogP contribution in [0.2, 0.25) is 0 Å². The third-order valence-electron chi connectivity index (χ3n) is 3.76. The molecule has 1 unspecified atom stereocenters. The molecule has 0 heterocycles. The first-order valence-corrected chi connectivity index (χ1v) is 7.59. The van der Waals surface area contributed by atoms with Gasteiger partial charge in [0.2, 0.25) is 5.91 Å². The van der Waals surface area contributed by atoms with Crippen molar-refractivity contribution in [2.75, 3.05) is 19.0 Å². The summed E-state index contributed by atoms with van der Waals surface area (Å²) in [5.74, 6) is -1.31. The fourth-order valence-corrected chi connectivity index (χ4v) is 2.69. The summed E-state index contributed by atoms with van der Waals surface area (Å²) >= 11 is 11.9. The predicted octanol–water partition coefficient (Wildman–Crippen LogP) is 2.11. The van der Waals surface area contributed by atoms with Gasteiger partial charge < -0.3 is 15.4 Å². The molecule has 0 spiro atoms. The molecule has 8 heteroatoms. The average molecular weight is 359 g/mol. The quantitative estimate of drug-likeness (QED) is 0.623. The minimum absolute atomic E-state index is 0.231. The zero-order valence-corrected chi connectivity index (χ0v) is 14.1. The lowest BCUT2D eigenvalue weighted by Crippen LogP contribution is -2.30. The summed E-state index contributed by atoms with van der Waals surface area (Å²) in [6.45, 7) is 1.44. The van der Waals surface area contributed by atoms with Gasteiger partial charge in [-0.1, -0.05) is 6.07 Å². The first-order valence-electron chi connectivity index (χ1n) is 6.84. The average Bonchev–Trinajstić information content (AvgIpc) is 3.04. The highest BCUT2D eigenvalue weighted by Crippen LogP contribution is 2.64. The van der Waals surface area contributed by atoms with Gasteiger partial charge >= 0.3 is 5.97 Å². The van der Waals surface area contributed by atoms with E-state index in [1.165, 1.54) is 13.2 Å². The highest BCUT2D eigenvalue weighted by Gasteiger charge is 2.67. The minimum atomic E-state index is -1.06. The number of benzene rings is 1. The maximum absolute atomic E-state index is 12.2. The largest absolute Gasteiger partial charge is 0.468 e. The van der Waals surface area contributed by atoms with Gasteiger partial charge in [0.05, 0.1) is 12.5 Å². The number of carbonyl (C=O) groups is 3. The van der Waals surface area contributed by atoms with E-state index >= 15 is 0 Å². The third kappa shape index (κ3) is 3.76. The number of hydrogen-bond acceptors (Lipinski definition) is 4. The number of nitrogens with one attached hydrogen (secondary N) is 2. The lowest BCUT2D eigenvalue weighted by Gasteiger charge is -2.13. The van der Waals surface area contributed by atoms with Crippen LogP contribution >= 0.6 is 23.2 Å². The van der Waals surface area contributed by atoms with Crippen LogP contribution in [0.15, 0.2) is 24.3 Å². The van der Waals surface area contributed by atoms with E-state index in [-0.39, 0.29) is 12.5 Å². The van der Waals surface area contributed by atoms with E-state index in [1.807, 2.05) is 0 Å². The van der Waals surface area contributed by atoms with Gasteiger partial charge in [-0.05, 0) is 31.5 Å². The molecule has 2 rings (SSSR count). The molecule has 2 N–H and O–H groups in total. The molecule has 1 fully saturated rings. The molecule has 1 aromatic carbocycles. The van der Waals surface area contributed by atoms with Crippen molar-refractivity contribution >= 4 is 46.7 Å². The standard InChI is InChI=1S/C15H16Cl2N2O4/c1-14(8-15(14,16)17)13(22)19-10-5-3-4-9(6-10)12(21)18-7-11(20)23-2/h3-6H,7-8H2,1-2H3,(H,18,21)(H,19,22). The molecular formula is C15H16Cl2N2O4. The molecule has 6 nitrogen and oxygen atoms in total. The Hall–Kier alpha value is -1.79. The molecule has 1 aliphatic carbocycles. The van der Waals surface area contributed by atoms with Crippen LogP contribution in [0, 0.1) is 5.41 Å². The van der Waals surface area contributed by atoms with Crippen LogP contribution in [-0.4, -0.2) is 35.8 Å². The van der Waals surface area contributed by atoms with Gasteiger partial charge in [-0.3, -0.25) is 14.4 Å². The Labute approximate surface area is 143 Å². The second-order valence-corrected chi connectivity index (χ2v) is 6.99. The normalized spacial score (nSPS) is 21.2. The summed E-state index contributed by atoms with van der Waals surface area (Å²) in [5.41, 5.74) is -0.104. The minimum Gasteiger partial charge on any atom is -0.468 e. The Kier molecular flexibility index (Phi) is 4.87. The van der Waals surface area contributed by atoms with Crippen molar-refractivity contribution in [3.05, 3.63) is 29.8 Å². The zero-order chi connectivity index (χ0) is 17.3. The lowest BCUT2D eigenvalue weighted by molar-refractivity contribution is -0.139. The Balaban J connectivity index is 2.01. The van der Waals surface area contributed by atoms with Crippen LogP contribution in [0.3, 0.4) is 0 Å². The number of halogens is 2. The Morgan fingerprint density at radius 3 is 2.52 bits per heavy atom. The number of esters is 1. The lowest BCUT2D eigenvalue weighted by atomic mass is 10.1. The van der Waals surface area contributed by atoms with Gasteiger partial charge in [0, 0.05) is 11.3 Å². The topological polar surface area (TPSA) is 84.5 Å². The number of anilines is 1. The molecule has 124 valence electrons. The van der Waals surface area contributed by atoms with Crippen LogP contribution in [0.1, 0.15) is 23.7 Å². The third-order valence-corrected chi connectivity index (χ3v) is 4.86. The number of carbonyl (C=O) groups excluding carboxylic acids is 3.